The largest absolute Gasteiger partial charge is 0.347 e. The van der Waals surface area contributed by atoms with Crippen molar-refractivity contribution in [3.63, 3.8) is 0 Å². The molecule has 12 nitrogen and oxygen atoms in total. The molecular weight excluding hydrogens is 683 g/mol. The van der Waals surface area contributed by atoms with E-state index in [-0.39, 0.29) is 47.8 Å². The first-order valence-electron chi connectivity index (χ1n) is 19.5. The molecule has 5 aliphatic rings. The van der Waals surface area contributed by atoms with Gasteiger partial charge >= 0.3 is 6.03 Å². The number of nitrogens with one attached hydrogen (secondary N) is 4. The fraction of sp³-hybridized carbons (Fsp3) is 0.821. The quantitative estimate of drug-likeness (QED) is 0.164. The Labute approximate surface area is 310 Å². The third-order valence-electron chi connectivity index (χ3n) is 12.9. The average molecular weight is 744 g/mol. The number of piperidine rings is 1. The first kappa shape index (κ1) is 40.1. The van der Waals surface area contributed by atoms with Crippen molar-refractivity contribution in [1.29, 1.82) is 0 Å². The van der Waals surface area contributed by atoms with Crippen LogP contribution in [0, 0.1) is 35.0 Å². The second-order valence-corrected chi connectivity index (χ2v) is 21.0. The first-order chi connectivity index (χ1) is 24.3. The maximum Gasteiger partial charge on any atom is 0.315 e. The second-order valence-electron chi connectivity index (χ2n) is 18.3. The van der Waals surface area contributed by atoms with Crippen molar-refractivity contribution in [2.75, 3.05) is 12.3 Å². The van der Waals surface area contributed by atoms with Gasteiger partial charge < -0.3 is 26.2 Å². The summed E-state index contributed by atoms with van der Waals surface area (Å²) < 4.78 is 25.9. The fourth-order valence-corrected chi connectivity index (χ4v) is 10.6. The molecule has 52 heavy (non-hydrogen) atoms. The molecule has 0 aromatic carbocycles. The lowest BCUT2D eigenvalue weighted by molar-refractivity contribution is -0.146. The minimum absolute atomic E-state index is 0.0323. The number of likely N-dealkylation sites (tertiary alicyclic amines) is 1. The Morgan fingerprint density at radius 1 is 0.904 bits per heavy atom. The van der Waals surface area contributed by atoms with Crippen LogP contribution in [0.3, 0.4) is 0 Å². The van der Waals surface area contributed by atoms with E-state index in [1.807, 2.05) is 6.92 Å². The molecule has 5 amide bonds. The zero-order chi connectivity index (χ0) is 38.3. The van der Waals surface area contributed by atoms with Crippen molar-refractivity contribution in [3.05, 3.63) is 0 Å². The van der Waals surface area contributed by atoms with Crippen LogP contribution in [0.4, 0.5) is 4.79 Å². The van der Waals surface area contributed by atoms with E-state index in [0.29, 0.717) is 32.2 Å². The van der Waals surface area contributed by atoms with Gasteiger partial charge in [0.1, 0.15) is 12.1 Å². The smallest absolute Gasteiger partial charge is 0.315 e. The molecule has 290 valence electrons. The van der Waals surface area contributed by atoms with Gasteiger partial charge in [-0.2, -0.15) is 0 Å². The maximum absolute atomic E-state index is 14.9. The third kappa shape index (κ3) is 8.47. The number of carbonyl (C=O) groups excluding carboxylic acids is 5. The first-order valence-corrected chi connectivity index (χ1v) is 21.1. The van der Waals surface area contributed by atoms with Crippen molar-refractivity contribution in [2.45, 2.75) is 166 Å². The third-order valence-corrected chi connectivity index (χ3v) is 15.7. The zero-order valence-electron chi connectivity index (χ0n) is 32.1. The summed E-state index contributed by atoms with van der Waals surface area (Å²) in [6, 6.07) is -3.61. The zero-order valence-corrected chi connectivity index (χ0v) is 32.9. The lowest BCUT2D eigenvalue weighted by Crippen LogP contribution is -2.65. The van der Waals surface area contributed by atoms with Gasteiger partial charge in [-0.05, 0) is 88.4 Å². The fourth-order valence-electron chi connectivity index (χ4n) is 9.08. The molecule has 1 heterocycles. The summed E-state index contributed by atoms with van der Waals surface area (Å²) in [5.41, 5.74) is -1.77. The van der Waals surface area contributed by atoms with Crippen LogP contribution in [0.15, 0.2) is 0 Å². The predicted molar refractivity (Wildman–Crippen MR) is 198 cm³/mol. The van der Waals surface area contributed by atoms with Crippen LogP contribution < -0.4 is 21.3 Å². The second kappa shape index (κ2) is 14.9. The number of terminal acetylenes is 1. The minimum Gasteiger partial charge on any atom is -0.347 e. The van der Waals surface area contributed by atoms with Gasteiger partial charge in [0.05, 0.1) is 22.1 Å². The summed E-state index contributed by atoms with van der Waals surface area (Å²) >= 11 is 0. The Balaban J connectivity index is 1.39. The molecule has 5 rings (SSSR count). The molecule has 4 N–H and O–H groups in total. The molecule has 0 spiro atoms. The van der Waals surface area contributed by atoms with Crippen LogP contribution in [0.2, 0.25) is 0 Å². The van der Waals surface area contributed by atoms with E-state index >= 15 is 0 Å². The monoisotopic (exact) mass is 743 g/mol. The van der Waals surface area contributed by atoms with E-state index in [9.17, 15) is 32.4 Å². The number of hydrogen-bond donors (Lipinski definition) is 4. The molecule has 5 atom stereocenters. The topological polar surface area (TPSA) is 171 Å². The minimum atomic E-state index is -3.57. The summed E-state index contributed by atoms with van der Waals surface area (Å²) in [4.78, 5) is 70.7. The number of sulfone groups is 1. The highest BCUT2D eigenvalue weighted by atomic mass is 32.2. The van der Waals surface area contributed by atoms with Crippen LogP contribution in [-0.4, -0.2) is 89.6 Å². The lowest BCUT2D eigenvalue weighted by atomic mass is 9.70. The molecule has 1 saturated heterocycles. The van der Waals surface area contributed by atoms with Crippen LogP contribution in [-0.2, 0) is 29.0 Å². The average Bonchev–Trinajstić information content (AvgIpc) is 3.92. The van der Waals surface area contributed by atoms with Crippen molar-refractivity contribution < 1.29 is 32.4 Å². The Bertz CT molecular complexity index is 1560. The van der Waals surface area contributed by atoms with E-state index in [1.54, 1.807) is 25.7 Å². The number of rotatable bonds is 13. The van der Waals surface area contributed by atoms with E-state index in [4.69, 9.17) is 6.42 Å². The van der Waals surface area contributed by atoms with Gasteiger partial charge in [-0.25, -0.2) is 13.2 Å². The number of urea groups is 1. The maximum atomic E-state index is 14.9. The highest BCUT2D eigenvalue weighted by Gasteiger charge is 2.70. The summed E-state index contributed by atoms with van der Waals surface area (Å²) in [6.07, 6.45) is 15.2. The van der Waals surface area contributed by atoms with E-state index in [1.165, 1.54) is 0 Å². The summed E-state index contributed by atoms with van der Waals surface area (Å²) in [5, 5.41) is 11.6. The van der Waals surface area contributed by atoms with Gasteiger partial charge in [0, 0.05) is 19.0 Å². The van der Waals surface area contributed by atoms with E-state index in [0.717, 1.165) is 51.4 Å². The van der Waals surface area contributed by atoms with Crippen LogP contribution in [0.5, 0.6) is 0 Å². The molecule has 0 radical (unpaired) electrons. The van der Waals surface area contributed by atoms with Gasteiger partial charge in [-0.3, -0.25) is 19.2 Å². The van der Waals surface area contributed by atoms with Gasteiger partial charge in [-0.15, -0.1) is 12.3 Å². The Kier molecular flexibility index (Phi) is 11.5. The number of carbonyl (C=O) groups is 5. The van der Waals surface area contributed by atoms with Crippen LogP contribution >= 0.6 is 0 Å². The number of nitrogens with zero attached hydrogens (tertiary/aromatic N) is 1. The van der Waals surface area contributed by atoms with Crippen LogP contribution in [0.1, 0.15) is 131 Å². The molecule has 0 aromatic rings. The van der Waals surface area contributed by atoms with Gasteiger partial charge in [0.25, 0.3) is 5.91 Å². The number of hydrogen-bond acceptors (Lipinski definition) is 7. The van der Waals surface area contributed by atoms with Gasteiger partial charge in [0.2, 0.25) is 17.6 Å². The molecule has 4 saturated carbocycles. The molecular formula is C39H61N5O7S. The molecule has 3 unspecified atom stereocenters. The summed E-state index contributed by atoms with van der Waals surface area (Å²) in [5.74, 6) is -0.182. The molecule has 13 heteroatoms. The summed E-state index contributed by atoms with van der Waals surface area (Å²) in [7, 11) is -3.57. The van der Waals surface area contributed by atoms with E-state index < -0.39 is 67.3 Å². The Morgan fingerprint density at radius 3 is 2.06 bits per heavy atom. The van der Waals surface area contributed by atoms with Crippen molar-refractivity contribution in [1.82, 2.24) is 26.2 Å². The molecule has 0 aromatic heterocycles. The molecule has 0 bridgehead atoms. The number of amides is 5. The SMILES string of the molecule is C#CCCC(NC(=O)[C@@H]1C2C(CN1C(=O)[C@@H](NC(=O)NC1(CS(=O)(=O)C(C)(C)C)CCCCC1)C1(C)CCCCC1)C2(C)C)C(=O)C(=O)NC1CC1. The van der Waals surface area contributed by atoms with E-state index in [2.05, 4.69) is 41.0 Å². The Morgan fingerprint density at radius 2 is 1.50 bits per heavy atom. The summed E-state index contributed by atoms with van der Waals surface area (Å²) in [6.45, 7) is 11.5. The number of ketones is 1. The molecule has 5 fully saturated rings. The predicted octanol–water partition coefficient (Wildman–Crippen LogP) is 3.77. The highest BCUT2D eigenvalue weighted by molar-refractivity contribution is 7.92. The number of fused-ring (bicyclic) bond motifs is 1. The molecule has 4 aliphatic carbocycles. The molecule has 1 aliphatic heterocycles. The van der Waals surface area contributed by atoms with Gasteiger partial charge in [0.15, 0.2) is 9.84 Å². The van der Waals surface area contributed by atoms with Crippen molar-refractivity contribution in [3.8, 4) is 12.3 Å². The highest BCUT2D eigenvalue weighted by Crippen LogP contribution is 2.65. The normalized spacial score (nSPS) is 27.2. The van der Waals surface area contributed by atoms with Crippen molar-refractivity contribution >= 4 is 39.4 Å². The van der Waals surface area contributed by atoms with Crippen LogP contribution in [0.25, 0.3) is 0 Å². The Hall–Kier alpha value is -3.14. The van der Waals surface area contributed by atoms with Crippen molar-refractivity contribution in [2.24, 2.45) is 22.7 Å². The standard InChI is InChI=1S/C39H61N5O7S/c1-8-9-16-27(30(45)33(47)40-25-17-18-25)41-32(46)29-28-26(37(28,5)6)23-44(29)34(48)31(38(7)19-12-10-13-20-38)42-35(49)43-39(21-14-11-15-22-39)24-52(50,51)36(2,3)4/h1,25-29,31H,9-24H2,2-7H3,(H,40,47)(H,41,46)(H2,42,43,49)/t26?,27?,28?,29-,31+/m0/s1. The van der Waals surface area contributed by atoms with Gasteiger partial charge in [-0.1, -0.05) is 59.3 Å². The lowest BCUT2D eigenvalue weighted by Gasteiger charge is -2.44. The number of Topliss-reactive ketones (excluding diaryl/α,β-unsaturated/α-hetero) is 1.